The summed E-state index contributed by atoms with van der Waals surface area (Å²) in [6, 6.07) is 17.6. The molecule has 0 bridgehead atoms. The van der Waals surface area contributed by atoms with Gasteiger partial charge >= 0.3 is 5.97 Å². The Morgan fingerprint density at radius 3 is 2.43 bits per heavy atom. The molecule has 140 valence electrons. The minimum Gasteiger partial charge on any atom is -0.462 e. The van der Waals surface area contributed by atoms with Crippen molar-refractivity contribution < 1.29 is 14.3 Å². The molecule has 7 heteroatoms. The minimum absolute atomic E-state index is 0.262. The minimum atomic E-state index is -0.453. The lowest BCUT2D eigenvalue weighted by Gasteiger charge is -2.06. The number of nitriles is 1. The molecule has 0 fully saturated rings. The number of amides is 1. The van der Waals surface area contributed by atoms with Gasteiger partial charge in [0.25, 0.3) is 5.91 Å². The van der Waals surface area contributed by atoms with Gasteiger partial charge in [0.05, 0.1) is 18.2 Å². The molecule has 3 aromatic rings. The summed E-state index contributed by atoms with van der Waals surface area (Å²) < 4.78 is 6.89. The summed E-state index contributed by atoms with van der Waals surface area (Å²) in [5.41, 5.74) is 2.27. The first-order chi connectivity index (χ1) is 13.5. The Bertz CT molecular complexity index is 1120. The molecular formula is C21H17N3O3S. The Morgan fingerprint density at radius 2 is 1.82 bits per heavy atom. The van der Waals surface area contributed by atoms with Crippen LogP contribution in [0.15, 0.2) is 59.6 Å². The zero-order valence-corrected chi connectivity index (χ0v) is 16.2. The number of para-hydroxylation sites is 1. The van der Waals surface area contributed by atoms with E-state index in [9.17, 15) is 9.59 Å². The van der Waals surface area contributed by atoms with Gasteiger partial charge in [0.2, 0.25) is 0 Å². The number of aromatic nitrogens is 1. The fraction of sp³-hybridized carbons (Fsp3) is 0.143. The van der Waals surface area contributed by atoms with Crippen molar-refractivity contribution in [3.05, 3.63) is 81.1 Å². The van der Waals surface area contributed by atoms with Crippen LogP contribution in [-0.2, 0) is 4.74 Å². The number of carbonyl (C=O) groups is 2. The molecular weight excluding hydrogens is 374 g/mol. The van der Waals surface area contributed by atoms with Crippen LogP contribution in [0.4, 0.5) is 0 Å². The number of rotatable bonds is 4. The topological polar surface area (TPSA) is 84.4 Å². The molecule has 0 saturated carbocycles. The Balaban J connectivity index is 2.14. The van der Waals surface area contributed by atoms with E-state index < -0.39 is 11.9 Å². The van der Waals surface area contributed by atoms with E-state index >= 15 is 0 Å². The lowest BCUT2D eigenvalue weighted by atomic mass is 10.1. The average molecular weight is 391 g/mol. The van der Waals surface area contributed by atoms with E-state index in [1.807, 2.05) is 36.4 Å². The second-order valence-corrected chi connectivity index (χ2v) is 6.77. The van der Waals surface area contributed by atoms with Gasteiger partial charge in [0.15, 0.2) is 4.80 Å². The maximum absolute atomic E-state index is 12.6. The van der Waals surface area contributed by atoms with Crippen LogP contribution < -0.4 is 4.80 Å². The second kappa shape index (κ2) is 8.46. The Kier molecular flexibility index (Phi) is 5.82. The third kappa shape index (κ3) is 3.92. The molecule has 1 amide bonds. The van der Waals surface area contributed by atoms with Gasteiger partial charge in [-0.1, -0.05) is 29.5 Å². The number of thiazole rings is 1. The molecule has 3 rings (SSSR count). The second-order valence-electron chi connectivity index (χ2n) is 5.80. The number of hydrogen-bond donors (Lipinski definition) is 0. The molecule has 0 atom stereocenters. The summed E-state index contributed by atoms with van der Waals surface area (Å²) in [7, 11) is 0. The number of esters is 1. The summed E-state index contributed by atoms with van der Waals surface area (Å²) in [6.07, 6.45) is 0. The van der Waals surface area contributed by atoms with Crippen LogP contribution in [0.5, 0.6) is 0 Å². The molecule has 6 nitrogen and oxygen atoms in total. The van der Waals surface area contributed by atoms with E-state index in [0.717, 1.165) is 17.0 Å². The summed E-state index contributed by atoms with van der Waals surface area (Å²) in [4.78, 5) is 30.0. The van der Waals surface area contributed by atoms with Gasteiger partial charge in [-0.2, -0.15) is 10.3 Å². The quantitative estimate of drug-likeness (QED) is 0.636. The smallest absolute Gasteiger partial charge is 0.350 e. The lowest BCUT2D eigenvalue weighted by Crippen LogP contribution is -2.16. The van der Waals surface area contributed by atoms with E-state index in [2.05, 4.69) is 4.99 Å². The normalized spacial score (nSPS) is 11.1. The zero-order valence-electron chi connectivity index (χ0n) is 15.4. The Hall–Kier alpha value is -3.50. The van der Waals surface area contributed by atoms with Crippen molar-refractivity contribution in [2.24, 2.45) is 4.99 Å². The number of benzene rings is 2. The molecule has 0 spiro atoms. The number of ether oxygens (including phenoxy) is 1. The number of hydrogen-bond acceptors (Lipinski definition) is 5. The maximum atomic E-state index is 12.6. The summed E-state index contributed by atoms with van der Waals surface area (Å²) in [5.74, 6) is -0.896. The van der Waals surface area contributed by atoms with Crippen LogP contribution in [0.1, 0.15) is 38.2 Å². The van der Waals surface area contributed by atoms with Gasteiger partial charge in [-0.3, -0.25) is 9.36 Å². The van der Waals surface area contributed by atoms with Crippen molar-refractivity contribution in [2.45, 2.75) is 13.8 Å². The van der Waals surface area contributed by atoms with Crippen LogP contribution >= 0.6 is 11.3 Å². The molecule has 0 unspecified atom stereocenters. The first-order valence-electron chi connectivity index (χ1n) is 8.59. The molecule has 0 N–H and O–H groups in total. The van der Waals surface area contributed by atoms with Gasteiger partial charge in [-0.25, -0.2) is 4.79 Å². The molecule has 0 aliphatic rings. The molecule has 0 saturated heterocycles. The zero-order chi connectivity index (χ0) is 20.1. The Labute approximate surface area is 166 Å². The molecule has 1 heterocycles. The third-order valence-electron chi connectivity index (χ3n) is 3.98. The van der Waals surface area contributed by atoms with Crippen molar-refractivity contribution in [1.82, 2.24) is 4.57 Å². The highest BCUT2D eigenvalue weighted by molar-refractivity contribution is 7.11. The largest absolute Gasteiger partial charge is 0.462 e. The van der Waals surface area contributed by atoms with Crippen molar-refractivity contribution in [3.8, 4) is 11.8 Å². The summed E-state index contributed by atoms with van der Waals surface area (Å²) in [6.45, 7) is 3.80. The van der Waals surface area contributed by atoms with Crippen LogP contribution in [0.3, 0.4) is 0 Å². The molecule has 0 aliphatic heterocycles. The first kappa shape index (κ1) is 19.3. The van der Waals surface area contributed by atoms with Crippen LogP contribution in [0.25, 0.3) is 5.69 Å². The summed E-state index contributed by atoms with van der Waals surface area (Å²) >= 11 is 1.11. The van der Waals surface area contributed by atoms with E-state index in [0.29, 0.717) is 26.5 Å². The van der Waals surface area contributed by atoms with E-state index in [1.54, 1.807) is 42.7 Å². The van der Waals surface area contributed by atoms with Gasteiger partial charge in [0.1, 0.15) is 4.88 Å². The fourth-order valence-electron chi connectivity index (χ4n) is 2.63. The molecule has 0 radical (unpaired) electrons. The predicted octanol–water partition coefficient (Wildman–Crippen LogP) is 3.64. The maximum Gasteiger partial charge on any atom is 0.350 e. The highest BCUT2D eigenvalue weighted by Crippen LogP contribution is 2.18. The molecule has 0 aliphatic carbocycles. The van der Waals surface area contributed by atoms with Crippen molar-refractivity contribution in [1.29, 1.82) is 5.26 Å². The highest BCUT2D eigenvalue weighted by atomic mass is 32.1. The van der Waals surface area contributed by atoms with Crippen molar-refractivity contribution in [2.75, 3.05) is 6.61 Å². The molecule has 1 aromatic heterocycles. The summed E-state index contributed by atoms with van der Waals surface area (Å²) in [5, 5.41) is 8.89. The van der Waals surface area contributed by atoms with E-state index in [4.69, 9.17) is 10.00 Å². The van der Waals surface area contributed by atoms with Crippen LogP contribution in [-0.4, -0.2) is 23.1 Å². The van der Waals surface area contributed by atoms with Gasteiger partial charge in [-0.05, 0) is 50.2 Å². The Morgan fingerprint density at radius 1 is 1.14 bits per heavy atom. The molecule has 2 aromatic carbocycles. The monoisotopic (exact) mass is 391 g/mol. The third-order valence-corrected chi connectivity index (χ3v) is 5.10. The van der Waals surface area contributed by atoms with Gasteiger partial charge in [0, 0.05) is 16.9 Å². The standard InChI is InChI=1S/C21H17N3O3S/c1-3-27-20(26)18-14(2)24(17-7-5-4-6-8-17)21(28-18)23-19(25)16-11-9-15(13-22)10-12-16/h4-12H,3H2,1-2H3. The SMILES string of the molecule is CCOC(=O)c1sc(=NC(=O)c2ccc(C#N)cc2)n(-c2ccccc2)c1C. The number of nitrogens with zero attached hydrogens (tertiary/aromatic N) is 3. The van der Waals surface area contributed by atoms with Crippen LogP contribution in [0.2, 0.25) is 0 Å². The number of carbonyl (C=O) groups excluding carboxylic acids is 2. The van der Waals surface area contributed by atoms with Gasteiger partial charge < -0.3 is 4.74 Å². The van der Waals surface area contributed by atoms with E-state index in [-0.39, 0.29) is 6.61 Å². The van der Waals surface area contributed by atoms with E-state index in [1.165, 1.54) is 0 Å². The van der Waals surface area contributed by atoms with Crippen LogP contribution in [0, 0.1) is 18.3 Å². The van der Waals surface area contributed by atoms with Gasteiger partial charge in [-0.15, -0.1) is 0 Å². The lowest BCUT2D eigenvalue weighted by molar-refractivity contribution is 0.0530. The highest BCUT2D eigenvalue weighted by Gasteiger charge is 2.19. The average Bonchev–Trinajstić information content (AvgIpc) is 3.04. The first-order valence-corrected chi connectivity index (χ1v) is 9.41. The van der Waals surface area contributed by atoms with Crippen molar-refractivity contribution in [3.63, 3.8) is 0 Å². The van der Waals surface area contributed by atoms with Crippen molar-refractivity contribution >= 4 is 23.2 Å². The molecule has 28 heavy (non-hydrogen) atoms. The predicted molar refractivity (Wildman–Crippen MR) is 105 cm³/mol. The fourth-order valence-corrected chi connectivity index (χ4v) is 3.66.